The molecule has 7 nitrogen and oxygen atoms in total. The quantitative estimate of drug-likeness (QED) is 0.421. The van der Waals surface area contributed by atoms with Crippen molar-refractivity contribution in [2.45, 2.75) is 57.0 Å². The minimum atomic E-state index is -5.16. The predicted molar refractivity (Wildman–Crippen MR) is 116 cm³/mol. The Labute approximate surface area is 212 Å². The number of anilines is 1. The monoisotopic (exact) mass is 547 g/mol. The van der Waals surface area contributed by atoms with Crippen LogP contribution in [0, 0.1) is 23.7 Å². The molecule has 1 saturated carbocycles. The molecule has 1 aromatic heterocycles. The van der Waals surface area contributed by atoms with E-state index in [1.54, 1.807) is 6.92 Å². The highest BCUT2D eigenvalue weighted by atomic mass is 19.4. The Balaban J connectivity index is 1.55. The Hall–Kier alpha value is -2.90. The molecule has 3 aliphatic rings. The van der Waals surface area contributed by atoms with Gasteiger partial charge in [0.1, 0.15) is 24.2 Å². The highest BCUT2D eigenvalue weighted by Crippen LogP contribution is 2.59. The third kappa shape index (κ3) is 4.11. The summed E-state index contributed by atoms with van der Waals surface area (Å²) in [7, 11) is 0. The molecule has 2 amide bonds. The first-order valence-electron chi connectivity index (χ1n) is 12.0. The lowest BCUT2D eigenvalue weighted by atomic mass is 9.64. The SMILES string of the molecule is CC[C@H]1C[C@@H]2C(=O)N(c3cc(C(F)(F)F)cc(C(F)(F)F)c3)C(=O)[C@@H]2[C@@H]2C[C@@H](c3ccc(CO)o3)O[C@]12O. The Kier molecular flexibility index (Phi) is 6.19. The zero-order valence-electron chi connectivity index (χ0n) is 19.8. The van der Waals surface area contributed by atoms with E-state index in [9.17, 15) is 46.1 Å². The molecule has 0 bridgehead atoms. The Bertz CT molecular complexity index is 1240. The first-order valence-corrected chi connectivity index (χ1v) is 12.0. The number of ether oxygens (including phenoxy) is 1. The molecule has 2 N–H and O–H groups in total. The van der Waals surface area contributed by atoms with Crippen molar-refractivity contribution in [1.82, 2.24) is 0 Å². The van der Waals surface area contributed by atoms with Gasteiger partial charge in [0.15, 0.2) is 5.79 Å². The van der Waals surface area contributed by atoms with Crippen LogP contribution in [0.5, 0.6) is 0 Å². The van der Waals surface area contributed by atoms with E-state index in [1.807, 2.05) is 0 Å². The highest BCUT2D eigenvalue weighted by molar-refractivity contribution is 6.22. The number of hydrogen-bond donors (Lipinski definition) is 2. The van der Waals surface area contributed by atoms with Crippen LogP contribution >= 0.6 is 0 Å². The first-order chi connectivity index (χ1) is 17.7. The number of amides is 2. The number of carbonyl (C=O) groups is 2. The first kappa shape index (κ1) is 26.7. The summed E-state index contributed by atoms with van der Waals surface area (Å²) in [6.45, 7) is 1.34. The fourth-order valence-electron chi connectivity index (χ4n) is 6.10. The number of hydrogen-bond acceptors (Lipinski definition) is 6. The van der Waals surface area contributed by atoms with Gasteiger partial charge in [-0.05, 0) is 49.6 Å². The summed E-state index contributed by atoms with van der Waals surface area (Å²) in [4.78, 5) is 27.3. The van der Waals surface area contributed by atoms with Gasteiger partial charge in [0.25, 0.3) is 0 Å². The van der Waals surface area contributed by atoms with Crippen LogP contribution < -0.4 is 4.90 Å². The number of carbonyl (C=O) groups excluding carboxylic acids is 2. The van der Waals surface area contributed by atoms with Gasteiger partial charge in [-0.3, -0.25) is 14.5 Å². The van der Waals surface area contributed by atoms with Crippen LogP contribution in [0.2, 0.25) is 0 Å². The van der Waals surface area contributed by atoms with Crippen molar-refractivity contribution in [3.8, 4) is 0 Å². The molecule has 0 radical (unpaired) electrons. The molecular formula is C25H23F6NO6. The van der Waals surface area contributed by atoms with Crippen molar-refractivity contribution >= 4 is 17.5 Å². The molecule has 5 rings (SSSR count). The molecule has 2 saturated heterocycles. The fourth-order valence-corrected chi connectivity index (χ4v) is 6.10. The maximum absolute atomic E-state index is 13.6. The third-order valence-electron chi connectivity index (χ3n) is 7.84. The number of aliphatic hydroxyl groups is 2. The molecule has 206 valence electrons. The molecule has 38 heavy (non-hydrogen) atoms. The molecule has 0 unspecified atom stereocenters. The number of benzene rings is 1. The smallest absolute Gasteiger partial charge is 0.416 e. The van der Waals surface area contributed by atoms with Crippen molar-refractivity contribution in [3.63, 3.8) is 0 Å². The van der Waals surface area contributed by atoms with E-state index in [1.165, 1.54) is 12.1 Å². The Morgan fingerprint density at radius 3 is 2.16 bits per heavy atom. The number of halogens is 6. The minimum Gasteiger partial charge on any atom is -0.461 e. The number of aliphatic hydroxyl groups excluding tert-OH is 1. The van der Waals surface area contributed by atoms with Crippen LogP contribution in [0.15, 0.2) is 34.7 Å². The average Bonchev–Trinajstić information content (AvgIpc) is 3.51. The van der Waals surface area contributed by atoms with Gasteiger partial charge >= 0.3 is 12.4 Å². The van der Waals surface area contributed by atoms with E-state index in [0.717, 1.165) is 0 Å². The lowest BCUT2D eigenvalue weighted by molar-refractivity contribution is -0.270. The van der Waals surface area contributed by atoms with Gasteiger partial charge in [0.2, 0.25) is 11.8 Å². The van der Waals surface area contributed by atoms with Crippen LogP contribution in [0.3, 0.4) is 0 Å². The predicted octanol–water partition coefficient (Wildman–Crippen LogP) is 4.81. The molecule has 0 spiro atoms. The summed E-state index contributed by atoms with van der Waals surface area (Å²) in [5.41, 5.74) is -4.13. The van der Waals surface area contributed by atoms with Gasteiger partial charge in [-0.15, -0.1) is 0 Å². The molecule has 3 fully saturated rings. The fraction of sp³-hybridized carbons (Fsp3) is 0.520. The van der Waals surface area contributed by atoms with Crippen LogP contribution in [0.25, 0.3) is 0 Å². The van der Waals surface area contributed by atoms with Gasteiger partial charge in [-0.2, -0.15) is 26.3 Å². The minimum absolute atomic E-state index is 0.00972. The van der Waals surface area contributed by atoms with E-state index in [2.05, 4.69) is 0 Å². The van der Waals surface area contributed by atoms with E-state index in [4.69, 9.17) is 9.15 Å². The van der Waals surface area contributed by atoms with Crippen LogP contribution in [0.4, 0.5) is 32.0 Å². The second kappa shape index (κ2) is 8.82. The Morgan fingerprint density at radius 1 is 1.00 bits per heavy atom. The summed E-state index contributed by atoms with van der Waals surface area (Å²) < 4.78 is 92.1. The number of fused-ring (bicyclic) bond motifs is 3. The highest BCUT2D eigenvalue weighted by Gasteiger charge is 2.67. The average molecular weight is 547 g/mol. The van der Waals surface area contributed by atoms with Crippen LogP contribution in [0.1, 0.15) is 54.9 Å². The maximum Gasteiger partial charge on any atom is 0.416 e. The van der Waals surface area contributed by atoms with Gasteiger partial charge in [-0.1, -0.05) is 6.92 Å². The second-order valence-corrected chi connectivity index (χ2v) is 9.91. The van der Waals surface area contributed by atoms with Crippen molar-refractivity contribution in [1.29, 1.82) is 0 Å². The molecule has 1 aromatic carbocycles. The van der Waals surface area contributed by atoms with Gasteiger partial charge in [0, 0.05) is 11.8 Å². The summed E-state index contributed by atoms with van der Waals surface area (Å²) in [6.07, 6.45) is -10.9. The lowest BCUT2D eigenvalue weighted by Gasteiger charge is -2.44. The topological polar surface area (TPSA) is 100 Å². The number of imide groups is 1. The van der Waals surface area contributed by atoms with Crippen LogP contribution in [-0.2, 0) is 33.3 Å². The molecule has 3 heterocycles. The number of nitrogens with zero attached hydrogens (tertiary/aromatic N) is 1. The largest absolute Gasteiger partial charge is 0.461 e. The second-order valence-electron chi connectivity index (χ2n) is 9.91. The van der Waals surface area contributed by atoms with E-state index < -0.39 is 76.5 Å². The number of alkyl halides is 6. The van der Waals surface area contributed by atoms with Crippen molar-refractivity contribution in [3.05, 3.63) is 53.0 Å². The molecule has 13 heteroatoms. The van der Waals surface area contributed by atoms with Crippen molar-refractivity contribution in [2.24, 2.45) is 23.7 Å². The zero-order chi connectivity index (χ0) is 27.8. The summed E-state index contributed by atoms with van der Waals surface area (Å²) in [5, 5.41) is 20.9. The van der Waals surface area contributed by atoms with Gasteiger partial charge in [-0.25, -0.2) is 0 Å². The Morgan fingerprint density at radius 2 is 1.63 bits per heavy atom. The number of rotatable bonds is 4. The van der Waals surface area contributed by atoms with Gasteiger partial charge in [0.05, 0.1) is 28.7 Å². The van der Waals surface area contributed by atoms with Crippen LogP contribution in [-0.4, -0.2) is 27.8 Å². The molecule has 6 atom stereocenters. The van der Waals surface area contributed by atoms with E-state index in [-0.39, 0.29) is 37.0 Å². The molecule has 2 aliphatic heterocycles. The molecule has 2 aromatic rings. The lowest BCUT2D eigenvalue weighted by Crippen LogP contribution is -2.53. The summed E-state index contributed by atoms with van der Waals surface area (Å²) in [5.74, 6) is -7.21. The van der Waals surface area contributed by atoms with Gasteiger partial charge < -0.3 is 19.4 Å². The number of furan rings is 1. The van der Waals surface area contributed by atoms with E-state index >= 15 is 0 Å². The maximum atomic E-state index is 13.6. The summed E-state index contributed by atoms with van der Waals surface area (Å²) >= 11 is 0. The standard InChI is InChI=1S/C25H23F6NO6/c1-2-11-8-16-20(17-9-19(38-23(11,17)36)18-4-3-15(10-33)37-18)22(35)32(21(16)34)14-6-12(24(26,27)28)5-13(7-14)25(29,30)31/h3-7,11,16-17,19-20,33,36H,2,8-10H2,1H3/t11-,16-,17-,19-,20-,23+/m0/s1. The molecular weight excluding hydrogens is 524 g/mol. The summed E-state index contributed by atoms with van der Waals surface area (Å²) in [6, 6.07) is 3.65. The van der Waals surface area contributed by atoms with Crippen molar-refractivity contribution in [2.75, 3.05) is 4.90 Å². The molecule has 1 aliphatic carbocycles. The van der Waals surface area contributed by atoms with Crippen molar-refractivity contribution < 1.29 is 55.3 Å². The zero-order valence-corrected chi connectivity index (χ0v) is 19.8. The third-order valence-corrected chi connectivity index (χ3v) is 7.84. The van der Waals surface area contributed by atoms with E-state index in [0.29, 0.717) is 23.5 Å². The normalized spacial score (nSPS) is 31.6.